The molecule has 2 N–H and O–H groups in total. The number of rotatable bonds is 9. The fraction of sp³-hybridized carbons (Fsp3) is 0.519. The molecule has 0 saturated carbocycles. The van der Waals surface area contributed by atoms with Crippen molar-refractivity contribution >= 4 is 5.91 Å². The van der Waals surface area contributed by atoms with Gasteiger partial charge < -0.3 is 20.3 Å². The normalized spacial score (nSPS) is 15.8. The zero-order chi connectivity index (χ0) is 23.2. The predicted molar refractivity (Wildman–Crippen MR) is 133 cm³/mol. The molecular weight excluding hydrogens is 398 g/mol. The molecule has 0 aromatic heterocycles. The number of ether oxygens (including phenoxy) is 1. The van der Waals surface area contributed by atoms with Gasteiger partial charge in [-0.15, -0.1) is 0 Å². The van der Waals surface area contributed by atoms with Gasteiger partial charge in [0.25, 0.3) is 5.91 Å². The average molecular weight is 440 g/mol. The molecule has 3 rings (SSSR count). The van der Waals surface area contributed by atoms with E-state index in [0.717, 1.165) is 74.6 Å². The third-order valence-electron chi connectivity index (χ3n) is 5.25. The molecule has 32 heavy (non-hydrogen) atoms. The Morgan fingerprint density at radius 3 is 2.66 bits per heavy atom. The molecule has 5 heteroatoms. The molecule has 0 spiro atoms. The molecule has 1 aromatic rings. The second kappa shape index (κ2) is 14.5. The lowest BCUT2D eigenvalue weighted by Crippen LogP contribution is -2.35. The molecule has 0 radical (unpaired) electrons. The van der Waals surface area contributed by atoms with Crippen molar-refractivity contribution in [1.29, 1.82) is 0 Å². The minimum absolute atomic E-state index is 0.166. The summed E-state index contributed by atoms with van der Waals surface area (Å²) in [6.07, 6.45) is 12.8. The van der Waals surface area contributed by atoms with Crippen molar-refractivity contribution in [1.82, 2.24) is 15.5 Å². The molecule has 5 nitrogen and oxygen atoms in total. The number of carbonyl (C=O) groups is 1. The lowest BCUT2D eigenvalue weighted by atomic mass is 10.1. The highest BCUT2D eigenvalue weighted by atomic mass is 16.5. The van der Waals surface area contributed by atoms with Crippen LogP contribution in [0.2, 0.25) is 0 Å². The molecule has 176 valence electrons. The number of benzene rings is 1. The van der Waals surface area contributed by atoms with Crippen LogP contribution in [0.1, 0.15) is 69.3 Å². The Balaban J connectivity index is 0.00000176. The second-order valence-electron chi connectivity index (χ2n) is 8.18. The fourth-order valence-corrected chi connectivity index (χ4v) is 3.75. The Labute approximate surface area is 194 Å². The van der Waals surface area contributed by atoms with E-state index in [9.17, 15) is 4.79 Å². The van der Waals surface area contributed by atoms with Gasteiger partial charge in [0, 0.05) is 50.4 Å². The van der Waals surface area contributed by atoms with E-state index >= 15 is 0 Å². The van der Waals surface area contributed by atoms with Crippen LogP contribution in [-0.4, -0.2) is 43.1 Å². The predicted octanol–water partition coefficient (Wildman–Crippen LogP) is 5.17. The molecule has 1 heterocycles. The minimum atomic E-state index is 0.166. The Hall–Kier alpha value is -2.53. The van der Waals surface area contributed by atoms with Crippen LogP contribution in [0.5, 0.6) is 0 Å². The number of likely N-dealkylation sites (tertiary alicyclic amines) is 1. The Morgan fingerprint density at radius 2 is 1.91 bits per heavy atom. The van der Waals surface area contributed by atoms with Gasteiger partial charge in [0.05, 0.1) is 6.10 Å². The van der Waals surface area contributed by atoms with E-state index in [2.05, 4.69) is 28.9 Å². The number of hydrogen-bond donors (Lipinski definition) is 2. The van der Waals surface area contributed by atoms with Gasteiger partial charge in [0.1, 0.15) is 5.76 Å². The van der Waals surface area contributed by atoms with Crippen LogP contribution in [0, 0.1) is 0 Å². The third kappa shape index (κ3) is 8.91. The summed E-state index contributed by atoms with van der Waals surface area (Å²) < 4.78 is 5.77. The van der Waals surface area contributed by atoms with E-state index in [-0.39, 0.29) is 12.0 Å². The molecule has 1 aliphatic heterocycles. The van der Waals surface area contributed by atoms with E-state index in [0.29, 0.717) is 0 Å². The zero-order valence-electron chi connectivity index (χ0n) is 20.3. The molecule has 1 saturated heterocycles. The number of piperidine rings is 1. The zero-order valence-corrected chi connectivity index (χ0v) is 20.3. The van der Waals surface area contributed by atoms with Crippen LogP contribution >= 0.6 is 0 Å². The number of amides is 1. The monoisotopic (exact) mass is 439 g/mol. The maximum absolute atomic E-state index is 12.7. The molecule has 1 aliphatic carbocycles. The van der Waals surface area contributed by atoms with Gasteiger partial charge in [-0.3, -0.25) is 4.79 Å². The summed E-state index contributed by atoms with van der Waals surface area (Å²) in [7, 11) is 0. The lowest BCUT2D eigenvalue weighted by Gasteiger charge is -2.26. The summed E-state index contributed by atoms with van der Waals surface area (Å²) in [6.45, 7) is 12.3. The first kappa shape index (κ1) is 25.7. The van der Waals surface area contributed by atoms with Crippen LogP contribution in [0.25, 0.3) is 0 Å². The van der Waals surface area contributed by atoms with Crippen LogP contribution in [0.15, 0.2) is 60.0 Å². The van der Waals surface area contributed by atoms with Crippen molar-refractivity contribution in [3.05, 3.63) is 71.2 Å². The van der Waals surface area contributed by atoms with Gasteiger partial charge in [-0.05, 0) is 63.0 Å². The largest absolute Gasteiger partial charge is 0.495 e. The van der Waals surface area contributed by atoms with E-state index in [4.69, 9.17) is 4.74 Å². The number of hydrogen-bond acceptors (Lipinski definition) is 4. The van der Waals surface area contributed by atoms with E-state index < -0.39 is 0 Å². The molecule has 0 atom stereocenters. The van der Waals surface area contributed by atoms with Crippen LogP contribution in [-0.2, 0) is 11.3 Å². The topological polar surface area (TPSA) is 53.6 Å². The Kier molecular flexibility index (Phi) is 11.7. The molecule has 1 aromatic carbocycles. The number of allylic oxidation sites excluding steroid dienone is 4. The van der Waals surface area contributed by atoms with Gasteiger partial charge in [-0.2, -0.15) is 0 Å². The molecule has 0 bridgehead atoms. The first-order valence-corrected chi connectivity index (χ1v) is 12.2. The maximum Gasteiger partial charge on any atom is 0.253 e. The first-order chi connectivity index (χ1) is 15.6. The van der Waals surface area contributed by atoms with E-state index in [1.54, 1.807) is 0 Å². The first-order valence-electron chi connectivity index (χ1n) is 12.2. The summed E-state index contributed by atoms with van der Waals surface area (Å²) >= 11 is 0. The lowest BCUT2D eigenvalue weighted by molar-refractivity contribution is 0.0724. The summed E-state index contributed by atoms with van der Waals surface area (Å²) in [5, 5.41) is 6.92. The Bertz CT molecular complexity index is 790. The SMILES string of the molecule is CC.CC(C)OC1=CC=CC(NCCNCc2cccc(C(=O)N3CCCCC3)c2)=CC1. The highest BCUT2D eigenvalue weighted by Crippen LogP contribution is 2.15. The van der Waals surface area contributed by atoms with Gasteiger partial charge in [0.15, 0.2) is 0 Å². The summed E-state index contributed by atoms with van der Waals surface area (Å²) in [4.78, 5) is 14.7. The summed E-state index contributed by atoms with van der Waals surface area (Å²) in [5.41, 5.74) is 3.06. The van der Waals surface area contributed by atoms with Crippen molar-refractivity contribution in [2.75, 3.05) is 26.2 Å². The van der Waals surface area contributed by atoms with E-state index in [1.807, 2.05) is 62.9 Å². The van der Waals surface area contributed by atoms with E-state index in [1.165, 1.54) is 6.42 Å². The molecule has 0 unspecified atom stereocenters. The average Bonchev–Trinajstić information content (AvgIpc) is 3.05. The van der Waals surface area contributed by atoms with Crippen LogP contribution < -0.4 is 10.6 Å². The number of carbonyl (C=O) groups excluding carboxylic acids is 1. The highest BCUT2D eigenvalue weighted by molar-refractivity contribution is 5.94. The van der Waals surface area contributed by atoms with Gasteiger partial charge in [-0.25, -0.2) is 0 Å². The molecule has 1 amide bonds. The molecule has 2 aliphatic rings. The number of nitrogens with zero attached hydrogens (tertiary/aromatic N) is 1. The fourth-order valence-electron chi connectivity index (χ4n) is 3.75. The number of nitrogens with one attached hydrogen (secondary N) is 2. The van der Waals surface area contributed by atoms with Gasteiger partial charge >= 0.3 is 0 Å². The standard InChI is InChI=1S/C25H35N3O2.C2H6/c1-20(2)30-24-11-7-10-23(12-13-24)27-15-14-26-19-21-8-6-9-22(18-21)25(29)28-16-4-3-5-17-28;1-2/h6-12,18,20,26-27H,3-5,13-17,19H2,1-2H3;1-2H3. The summed E-state index contributed by atoms with van der Waals surface area (Å²) in [6, 6.07) is 8.01. The quantitative estimate of drug-likeness (QED) is 0.521. The smallest absolute Gasteiger partial charge is 0.253 e. The van der Waals surface area contributed by atoms with Crippen molar-refractivity contribution in [2.45, 2.75) is 66.0 Å². The molecule has 1 fully saturated rings. The van der Waals surface area contributed by atoms with Gasteiger partial charge in [0.2, 0.25) is 0 Å². The van der Waals surface area contributed by atoms with Crippen LogP contribution in [0.4, 0.5) is 0 Å². The second-order valence-corrected chi connectivity index (χ2v) is 8.18. The van der Waals surface area contributed by atoms with Crippen molar-refractivity contribution in [3.63, 3.8) is 0 Å². The van der Waals surface area contributed by atoms with Crippen molar-refractivity contribution < 1.29 is 9.53 Å². The highest BCUT2D eigenvalue weighted by Gasteiger charge is 2.18. The Morgan fingerprint density at radius 1 is 1.12 bits per heavy atom. The van der Waals surface area contributed by atoms with Crippen molar-refractivity contribution in [2.24, 2.45) is 0 Å². The minimum Gasteiger partial charge on any atom is -0.495 e. The van der Waals surface area contributed by atoms with Crippen molar-refractivity contribution in [3.8, 4) is 0 Å². The van der Waals surface area contributed by atoms with Gasteiger partial charge in [-0.1, -0.05) is 38.1 Å². The third-order valence-corrected chi connectivity index (χ3v) is 5.25. The van der Waals surface area contributed by atoms with Crippen LogP contribution in [0.3, 0.4) is 0 Å². The molecular formula is C27H41N3O2. The summed E-state index contributed by atoms with van der Waals surface area (Å²) in [5.74, 6) is 1.16. The maximum atomic E-state index is 12.7.